The fourth-order valence-corrected chi connectivity index (χ4v) is 2.90. The van der Waals surface area contributed by atoms with Gasteiger partial charge < -0.3 is 19.8 Å². The summed E-state index contributed by atoms with van der Waals surface area (Å²) in [6.07, 6.45) is 0.975. The Balaban J connectivity index is 0.000000438. The lowest BCUT2D eigenvalue weighted by molar-refractivity contribution is -0.159. The highest BCUT2D eigenvalue weighted by atomic mass is 16.5. The molecule has 1 saturated heterocycles. The van der Waals surface area contributed by atoms with E-state index in [4.69, 9.17) is 24.5 Å². The molecule has 0 atom stereocenters. The number of carboxylic acid groups (broad SMARTS) is 2. The van der Waals surface area contributed by atoms with Gasteiger partial charge in [0.15, 0.2) is 0 Å². The monoisotopic (exact) mass is 400 g/mol. The number of likely N-dealkylation sites (N-methyl/N-ethyl adjacent to an activating group) is 1. The number of carboxylic acids is 2. The van der Waals surface area contributed by atoms with Gasteiger partial charge in [-0.25, -0.2) is 9.59 Å². The molecule has 0 aliphatic carbocycles. The predicted octanol–water partition coefficient (Wildman–Crippen LogP) is 2.06. The van der Waals surface area contributed by atoms with Crippen LogP contribution in [0.2, 0.25) is 0 Å². The summed E-state index contributed by atoms with van der Waals surface area (Å²) >= 11 is 0. The third kappa shape index (κ3) is 8.76. The first-order chi connectivity index (χ1) is 13.9. The molecule has 7 nitrogen and oxygen atoms in total. The van der Waals surface area contributed by atoms with Crippen LogP contribution in [0, 0.1) is 0 Å². The number of ether oxygens (including phenoxy) is 1. The average molecular weight is 400 g/mol. The second-order valence-electron chi connectivity index (χ2n) is 6.91. The molecular weight excluding hydrogens is 372 g/mol. The first-order valence-electron chi connectivity index (χ1n) is 9.57. The van der Waals surface area contributed by atoms with Crippen molar-refractivity contribution in [1.82, 2.24) is 9.80 Å². The van der Waals surface area contributed by atoms with E-state index in [-0.39, 0.29) is 0 Å². The molecule has 0 saturated carbocycles. The highest BCUT2D eigenvalue weighted by Gasteiger charge is 2.13. The van der Waals surface area contributed by atoms with Crippen molar-refractivity contribution in [1.29, 1.82) is 0 Å². The van der Waals surface area contributed by atoms with Crippen molar-refractivity contribution in [2.75, 3.05) is 46.4 Å². The number of hydrogen-bond donors (Lipinski definition) is 2. The molecule has 0 bridgehead atoms. The summed E-state index contributed by atoms with van der Waals surface area (Å²) in [4.78, 5) is 23.1. The quantitative estimate of drug-likeness (QED) is 0.718. The Bertz CT molecular complexity index is 745. The summed E-state index contributed by atoms with van der Waals surface area (Å²) < 4.78 is 5.89. The number of hydrogen-bond acceptors (Lipinski definition) is 5. The summed E-state index contributed by atoms with van der Waals surface area (Å²) in [6.45, 7) is 6.40. The average Bonchev–Trinajstić information content (AvgIpc) is 2.72. The molecule has 0 unspecified atom stereocenters. The van der Waals surface area contributed by atoms with Crippen molar-refractivity contribution >= 4 is 11.9 Å². The van der Waals surface area contributed by atoms with Crippen LogP contribution < -0.4 is 4.74 Å². The molecule has 0 radical (unpaired) electrons. The topological polar surface area (TPSA) is 90.3 Å². The standard InChI is InChI=1S/C20H26N2O.C2H2O4/c1-21-11-13-22(14-12-21)15-16-23-20-9-7-19(8-10-20)17-18-5-3-2-4-6-18;3-1(4)2(5)6/h2-10H,11-17H2,1H3;(H,3,4)(H,5,6). The molecule has 2 aromatic rings. The second kappa shape index (κ2) is 11.8. The fraction of sp³-hybridized carbons (Fsp3) is 0.364. The van der Waals surface area contributed by atoms with Crippen LogP contribution in [-0.4, -0.2) is 78.3 Å². The van der Waals surface area contributed by atoms with Gasteiger partial charge in [0, 0.05) is 32.7 Å². The zero-order chi connectivity index (χ0) is 21.1. The van der Waals surface area contributed by atoms with Gasteiger partial charge in [0.05, 0.1) is 0 Å². The molecule has 2 aromatic carbocycles. The van der Waals surface area contributed by atoms with Crippen molar-refractivity contribution in [2.24, 2.45) is 0 Å². The van der Waals surface area contributed by atoms with Crippen molar-refractivity contribution in [3.8, 4) is 5.75 Å². The first-order valence-corrected chi connectivity index (χ1v) is 9.57. The third-order valence-corrected chi connectivity index (χ3v) is 4.63. The Labute approximate surface area is 171 Å². The van der Waals surface area contributed by atoms with E-state index in [9.17, 15) is 0 Å². The molecule has 0 aromatic heterocycles. The zero-order valence-corrected chi connectivity index (χ0v) is 16.7. The number of rotatable bonds is 6. The van der Waals surface area contributed by atoms with Crippen molar-refractivity contribution < 1.29 is 24.5 Å². The molecule has 1 aliphatic rings. The van der Waals surface area contributed by atoms with Gasteiger partial charge in [-0.3, -0.25) is 4.90 Å². The van der Waals surface area contributed by atoms with Crippen LogP contribution in [0.15, 0.2) is 54.6 Å². The van der Waals surface area contributed by atoms with E-state index in [1.54, 1.807) is 0 Å². The van der Waals surface area contributed by atoms with Crippen LogP contribution in [-0.2, 0) is 16.0 Å². The van der Waals surface area contributed by atoms with Gasteiger partial charge in [0.2, 0.25) is 0 Å². The summed E-state index contributed by atoms with van der Waals surface area (Å²) in [5.41, 5.74) is 2.67. The Hall–Kier alpha value is -2.90. The number of carbonyl (C=O) groups is 2. The largest absolute Gasteiger partial charge is 0.492 e. The van der Waals surface area contributed by atoms with E-state index in [0.717, 1.165) is 51.5 Å². The number of benzene rings is 2. The Morgan fingerprint density at radius 2 is 1.41 bits per heavy atom. The number of aliphatic carboxylic acids is 2. The smallest absolute Gasteiger partial charge is 0.414 e. The third-order valence-electron chi connectivity index (χ3n) is 4.63. The second-order valence-corrected chi connectivity index (χ2v) is 6.91. The van der Waals surface area contributed by atoms with Gasteiger partial charge >= 0.3 is 11.9 Å². The van der Waals surface area contributed by atoms with Crippen molar-refractivity contribution in [2.45, 2.75) is 6.42 Å². The molecule has 1 heterocycles. The Morgan fingerprint density at radius 1 is 0.862 bits per heavy atom. The van der Waals surface area contributed by atoms with Crippen molar-refractivity contribution in [3.63, 3.8) is 0 Å². The van der Waals surface area contributed by atoms with Crippen LogP contribution in [0.5, 0.6) is 5.75 Å². The van der Waals surface area contributed by atoms with Gasteiger partial charge in [-0.05, 0) is 36.7 Å². The van der Waals surface area contributed by atoms with E-state index < -0.39 is 11.9 Å². The van der Waals surface area contributed by atoms with Crippen LogP contribution in [0.1, 0.15) is 11.1 Å². The van der Waals surface area contributed by atoms with Crippen LogP contribution in [0.4, 0.5) is 0 Å². The fourth-order valence-electron chi connectivity index (χ4n) is 2.90. The van der Waals surface area contributed by atoms with Gasteiger partial charge in [0.1, 0.15) is 12.4 Å². The highest BCUT2D eigenvalue weighted by Crippen LogP contribution is 2.15. The lowest BCUT2D eigenvalue weighted by Gasteiger charge is -2.32. The molecule has 156 valence electrons. The minimum Gasteiger partial charge on any atom is -0.492 e. The molecule has 1 fully saturated rings. The minimum atomic E-state index is -1.82. The van der Waals surface area contributed by atoms with E-state index in [1.165, 1.54) is 11.1 Å². The predicted molar refractivity (Wildman–Crippen MR) is 110 cm³/mol. The van der Waals surface area contributed by atoms with Gasteiger partial charge in [-0.15, -0.1) is 0 Å². The maximum atomic E-state index is 9.10. The lowest BCUT2D eigenvalue weighted by Crippen LogP contribution is -2.45. The van der Waals surface area contributed by atoms with Crippen LogP contribution in [0.25, 0.3) is 0 Å². The normalized spacial score (nSPS) is 14.5. The van der Waals surface area contributed by atoms with E-state index in [1.807, 2.05) is 0 Å². The summed E-state index contributed by atoms with van der Waals surface area (Å²) in [7, 11) is 2.19. The van der Waals surface area contributed by atoms with E-state index in [0.29, 0.717) is 0 Å². The Kier molecular flexibility index (Phi) is 9.14. The number of piperazine rings is 1. The molecular formula is C22H28N2O5. The summed E-state index contributed by atoms with van der Waals surface area (Å²) in [6, 6.07) is 19.1. The van der Waals surface area contributed by atoms with Gasteiger partial charge in [0.25, 0.3) is 0 Å². The van der Waals surface area contributed by atoms with Crippen LogP contribution >= 0.6 is 0 Å². The highest BCUT2D eigenvalue weighted by molar-refractivity contribution is 6.27. The van der Waals surface area contributed by atoms with Crippen LogP contribution in [0.3, 0.4) is 0 Å². The molecule has 7 heteroatoms. The van der Waals surface area contributed by atoms with Gasteiger partial charge in [-0.1, -0.05) is 42.5 Å². The molecule has 3 rings (SSSR count). The summed E-state index contributed by atoms with van der Waals surface area (Å²) in [5.74, 6) is -2.68. The minimum absolute atomic E-state index is 0.766. The summed E-state index contributed by atoms with van der Waals surface area (Å²) in [5, 5.41) is 14.8. The maximum absolute atomic E-state index is 9.10. The van der Waals surface area contributed by atoms with Crippen molar-refractivity contribution in [3.05, 3.63) is 65.7 Å². The molecule has 2 N–H and O–H groups in total. The number of nitrogens with zero attached hydrogens (tertiary/aromatic N) is 2. The maximum Gasteiger partial charge on any atom is 0.414 e. The molecule has 29 heavy (non-hydrogen) atoms. The lowest BCUT2D eigenvalue weighted by atomic mass is 10.1. The molecule has 0 amide bonds. The van der Waals surface area contributed by atoms with E-state index in [2.05, 4.69) is 71.4 Å². The Morgan fingerprint density at radius 3 is 1.97 bits per heavy atom. The SMILES string of the molecule is CN1CCN(CCOc2ccc(Cc3ccccc3)cc2)CC1.O=C(O)C(=O)O. The first kappa shape index (κ1) is 22.4. The molecule has 1 aliphatic heterocycles. The molecule has 0 spiro atoms. The van der Waals surface area contributed by atoms with Gasteiger partial charge in [-0.2, -0.15) is 0 Å². The zero-order valence-electron chi connectivity index (χ0n) is 16.7. The van der Waals surface area contributed by atoms with E-state index >= 15 is 0 Å².